The number of hydrogen-bond donors (Lipinski definition) is 3. The summed E-state index contributed by atoms with van der Waals surface area (Å²) in [4.78, 5) is 28.2. The van der Waals surface area contributed by atoms with Crippen molar-refractivity contribution in [2.75, 3.05) is 13.2 Å². The molecule has 0 heterocycles. The second kappa shape index (κ2) is 8.62. The van der Waals surface area contributed by atoms with Crippen LogP contribution in [0.5, 0.6) is 11.5 Å². The Balaban J connectivity index is 3.02. The van der Waals surface area contributed by atoms with Crippen LogP contribution in [0.4, 0.5) is 0 Å². The average molecular weight is 428 g/mol. The fourth-order valence-electron chi connectivity index (χ4n) is 2.59. The van der Waals surface area contributed by atoms with E-state index >= 15 is 0 Å². The van der Waals surface area contributed by atoms with Crippen molar-refractivity contribution in [2.24, 2.45) is 0 Å². The highest BCUT2D eigenvalue weighted by molar-refractivity contribution is 7.69. The lowest BCUT2D eigenvalue weighted by Crippen LogP contribution is -2.27. The van der Waals surface area contributed by atoms with Crippen molar-refractivity contribution in [3.63, 3.8) is 0 Å². The third-order valence-electron chi connectivity index (χ3n) is 3.68. The van der Waals surface area contributed by atoms with Crippen LogP contribution in [0.3, 0.4) is 0 Å². The molecule has 2 rings (SSSR count). The van der Waals surface area contributed by atoms with Gasteiger partial charge < -0.3 is 24.2 Å². The van der Waals surface area contributed by atoms with Gasteiger partial charge in [0.25, 0.3) is 0 Å². The van der Waals surface area contributed by atoms with Gasteiger partial charge in [0, 0.05) is 10.4 Å². The molecule has 0 amide bonds. The van der Waals surface area contributed by atoms with Crippen LogP contribution in [0.1, 0.15) is 13.8 Å². The highest BCUT2D eigenvalue weighted by atomic mass is 31.3. The molecular formula is C18H22O8P2. The quantitative estimate of drug-likeness (QED) is 0.568. The highest BCUT2D eigenvalue weighted by Gasteiger charge is 2.35. The minimum absolute atomic E-state index is 0.0536. The Morgan fingerprint density at radius 1 is 0.929 bits per heavy atom. The Kier molecular flexibility index (Phi) is 6.88. The van der Waals surface area contributed by atoms with Crippen LogP contribution in [-0.4, -0.2) is 27.9 Å². The van der Waals surface area contributed by atoms with Crippen LogP contribution in [-0.2, 0) is 13.4 Å². The zero-order valence-electron chi connectivity index (χ0n) is 15.5. The number of rotatable bonds is 7. The molecule has 2 aromatic carbocycles. The third kappa shape index (κ3) is 5.11. The van der Waals surface area contributed by atoms with Gasteiger partial charge in [-0.2, -0.15) is 0 Å². The van der Waals surface area contributed by atoms with E-state index in [-0.39, 0.29) is 24.2 Å². The maximum Gasteiger partial charge on any atom is 0.477 e. The SMILES string of the molecule is C=c1ccc(=c2cc(P(=O)(O)OP(=O)(O)O)c(=C)c(OCC)c2OCC)cc1. The predicted molar refractivity (Wildman–Crippen MR) is 106 cm³/mol. The molecule has 152 valence electrons. The van der Waals surface area contributed by atoms with Crippen molar-refractivity contribution in [1.29, 1.82) is 0 Å². The molecular weight excluding hydrogens is 406 g/mol. The van der Waals surface area contributed by atoms with Crippen LogP contribution in [0, 0.1) is 10.4 Å². The van der Waals surface area contributed by atoms with Gasteiger partial charge in [0.15, 0.2) is 11.5 Å². The summed E-state index contributed by atoms with van der Waals surface area (Å²) in [5.74, 6) is 0.394. The van der Waals surface area contributed by atoms with E-state index < -0.39 is 20.7 Å². The number of benzene rings is 2. The summed E-state index contributed by atoms with van der Waals surface area (Å²) in [6, 6.07) is 8.22. The minimum Gasteiger partial charge on any atom is -0.489 e. The van der Waals surface area contributed by atoms with Gasteiger partial charge in [-0.3, -0.25) is 4.57 Å². The van der Waals surface area contributed by atoms with Crippen LogP contribution in [0.2, 0.25) is 0 Å². The molecule has 28 heavy (non-hydrogen) atoms. The van der Waals surface area contributed by atoms with Crippen molar-refractivity contribution < 1.29 is 37.6 Å². The van der Waals surface area contributed by atoms with Gasteiger partial charge in [-0.25, -0.2) is 8.88 Å². The van der Waals surface area contributed by atoms with Crippen molar-refractivity contribution in [2.45, 2.75) is 13.8 Å². The summed E-state index contributed by atoms with van der Waals surface area (Å²) in [6.45, 7) is 11.5. The summed E-state index contributed by atoms with van der Waals surface area (Å²) < 4.78 is 39.2. The van der Waals surface area contributed by atoms with E-state index in [2.05, 4.69) is 17.5 Å². The van der Waals surface area contributed by atoms with Crippen molar-refractivity contribution in [3.8, 4) is 11.5 Å². The molecule has 0 saturated heterocycles. The molecule has 3 N–H and O–H groups in total. The molecule has 0 saturated carbocycles. The summed E-state index contributed by atoms with van der Waals surface area (Å²) in [6.07, 6.45) is 0. The first-order chi connectivity index (χ1) is 13.0. The van der Waals surface area contributed by atoms with E-state index in [1.165, 1.54) is 6.07 Å². The lowest BCUT2D eigenvalue weighted by Gasteiger charge is -2.18. The first-order valence-electron chi connectivity index (χ1n) is 8.31. The molecule has 8 nitrogen and oxygen atoms in total. The van der Waals surface area contributed by atoms with Crippen LogP contribution in [0.25, 0.3) is 13.2 Å². The molecule has 2 aromatic rings. The molecule has 0 bridgehead atoms. The smallest absolute Gasteiger partial charge is 0.477 e. The Morgan fingerprint density at radius 2 is 1.46 bits per heavy atom. The van der Waals surface area contributed by atoms with Gasteiger partial charge in [0.05, 0.1) is 18.5 Å². The summed E-state index contributed by atoms with van der Waals surface area (Å²) >= 11 is 0. The maximum atomic E-state index is 12.6. The van der Waals surface area contributed by atoms with Crippen LogP contribution >= 0.6 is 15.4 Å². The van der Waals surface area contributed by atoms with Crippen molar-refractivity contribution in [3.05, 3.63) is 51.2 Å². The van der Waals surface area contributed by atoms with Gasteiger partial charge in [0.1, 0.15) is 0 Å². The predicted octanol–water partition coefficient (Wildman–Crippen LogP) is 1.51. The van der Waals surface area contributed by atoms with E-state index in [1.54, 1.807) is 38.1 Å². The largest absolute Gasteiger partial charge is 0.489 e. The van der Waals surface area contributed by atoms with Gasteiger partial charge in [-0.1, -0.05) is 37.4 Å². The summed E-state index contributed by atoms with van der Waals surface area (Å²) in [5.41, 5.74) is 0. The first-order valence-corrected chi connectivity index (χ1v) is 11.4. The second-order valence-electron chi connectivity index (χ2n) is 5.74. The fourth-order valence-corrected chi connectivity index (χ4v) is 4.83. The minimum atomic E-state index is -5.24. The lowest BCUT2D eigenvalue weighted by atomic mass is 10.1. The molecule has 0 aliphatic heterocycles. The van der Waals surface area contributed by atoms with Crippen molar-refractivity contribution >= 4 is 33.9 Å². The molecule has 0 aliphatic rings. The van der Waals surface area contributed by atoms with Gasteiger partial charge in [0.2, 0.25) is 0 Å². The highest BCUT2D eigenvalue weighted by Crippen LogP contribution is 2.55. The maximum absolute atomic E-state index is 12.6. The van der Waals surface area contributed by atoms with E-state index in [9.17, 15) is 14.0 Å². The number of ether oxygens (including phenoxy) is 2. The van der Waals surface area contributed by atoms with Crippen molar-refractivity contribution in [1.82, 2.24) is 0 Å². The summed E-state index contributed by atoms with van der Waals surface area (Å²) in [5, 5.41) is 1.32. The molecule has 1 atom stereocenters. The van der Waals surface area contributed by atoms with Gasteiger partial charge in [-0.05, 0) is 30.4 Å². The van der Waals surface area contributed by atoms with Crippen LogP contribution in [0.15, 0.2) is 30.3 Å². The molecule has 0 spiro atoms. The number of hydrogen-bond acceptors (Lipinski definition) is 5. The standard InChI is InChI=1S/C18H22O8P2/c1-5-24-17-13(4)16(27(19,20)26-28(21,22)23)11-15(18(17)25-6-2)14-9-7-12(3)8-10-14/h7-11H,3-6H2,1-2H3,(H,19,20)(H2,21,22,23). The Labute approximate surface area is 161 Å². The molecule has 0 aliphatic carbocycles. The zero-order valence-corrected chi connectivity index (χ0v) is 17.3. The van der Waals surface area contributed by atoms with E-state index in [0.717, 1.165) is 5.22 Å². The molecule has 10 heteroatoms. The molecule has 0 fully saturated rings. The monoisotopic (exact) mass is 428 g/mol. The lowest BCUT2D eigenvalue weighted by molar-refractivity contribution is 0.267. The topological polar surface area (TPSA) is 123 Å². The Hall–Kier alpha value is -1.92. The normalized spacial score (nSPS) is 13.8. The van der Waals surface area contributed by atoms with Crippen LogP contribution < -0.4 is 25.2 Å². The fraction of sp³-hybridized carbons (Fsp3) is 0.222. The summed E-state index contributed by atoms with van der Waals surface area (Å²) in [7, 11) is -10.2. The first kappa shape index (κ1) is 22.4. The average Bonchev–Trinajstić information content (AvgIpc) is 2.57. The second-order valence-corrected chi connectivity index (χ2v) is 8.89. The van der Waals surface area contributed by atoms with E-state index in [4.69, 9.17) is 19.3 Å². The van der Waals surface area contributed by atoms with E-state index in [0.29, 0.717) is 16.2 Å². The Bertz CT molecular complexity index is 1130. The number of phosphoric acid groups is 1. The van der Waals surface area contributed by atoms with Gasteiger partial charge in [-0.15, -0.1) is 0 Å². The van der Waals surface area contributed by atoms with E-state index in [1.807, 2.05) is 0 Å². The third-order valence-corrected chi connectivity index (χ3v) is 6.42. The molecule has 0 radical (unpaired) electrons. The molecule has 0 aromatic heterocycles. The molecule has 1 unspecified atom stereocenters. The Morgan fingerprint density at radius 3 is 1.96 bits per heavy atom. The zero-order chi connectivity index (χ0) is 21.1. The van der Waals surface area contributed by atoms with Gasteiger partial charge >= 0.3 is 15.4 Å².